The van der Waals surface area contributed by atoms with Gasteiger partial charge >= 0.3 is 0 Å². The summed E-state index contributed by atoms with van der Waals surface area (Å²) < 4.78 is 16.5. The topological polar surface area (TPSA) is 44.8 Å². The Balaban J connectivity index is 2.20. The Hall–Kier alpha value is -1.55. The Kier molecular flexibility index (Phi) is 3.80. The largest absolute Gasteiger partial charge is 0.497 e. The Morgan fingerprint density at radius 2 is 2.11 bits per heavy atom. The van der Waals surface area contributed by atoms with Crippen LogP contribution in [0.1, 0.15) is 37.0 Å². The summed E-state index contributed by atoms with van der Waals surface area (Å²) in [6.07, 6.45) is 0.917. The second-order valence-corrected chi connectivity index (χ2v) is 5.40. The Morgan fingerprint density at radius 3 is 2.74 bits per heavy atom. The molecule has 2 rings (SSSR count). The molecule has 1 atom stereocenters. The Morgan fingerprint density at radius 1 is 1.37 bits per heavy atom. The number of hydrogen-bond donors (Lipinski definition) is 0. The molecule has 1 aromatic carbocycles. The van der Waals surface area contributed by atoms with E-state index in [4.69, 9.17) is 14.2 Å². The van der Waals surface area contributed by atoms with Gasteiger partial charge in [-0.1, -0.05) is 0 Å². The number of methoxy groups -OCH3 is 2. The minimum atomic E-state index is -0.304. The molecule has 0 spiro atoms. The van der Waals surface area contributed by atoms with Gasteiger partial charge < -0.3 is 14.2 Å². The molecule has 1 aliphatic rings. The van der Waals surface area contributed by atoms with Gasteiger partial charge in [0.15, 0.2) is 5.78 Å². The van der Waals surface area contributed by atoms with Crippen LogP contribution in [0.25, 0.3) is 0 Å². The van der Waals surface area contributed by atoms with Gasteiger partial charge in [-0.2, -0.15) is 0 Å². The molecule has 0 fully saturated rings. The summed E-state index contributed by atoms with van der Waals surface area (Å²) in [5.74, 6) is 1.41. The molecule has 1 heterocycles. The van der Waals surface area contributed by atoms with E-state index < -0.39 is 0 Å². The summed E-state index contributed by atoms with van der Waals surface area (Å²) in [7, 11) is 3.26. The van der Waals surface area contributed by atoms with Crippen LogP contribution in [-0.4, -0.2) is 31.7 Å². The summed E-state index contributed by atoms with van der Waals surface area (Å²) in [5, 5.41) is 0. The molecule has 19 heavy (non-hydrogen) atoms. The van der Waals surface area contributed by atoms with Crippen molar-refractivity contribution in [2.45, 2.75) is 38.4 Å². The number of ketones is 1. The van der Waals surface area contributed by atoms with Crippen molar-refractivity contribution in [2.24, 2.45) is 0 Å². The molecule has 0 saturated carbocycles. The molecule has 104 valence electrons. The van der Waals surface area contributed by atoms with Crippen LogP contribution < -0.4 is 9.47 Å². The number of carbonyl (C=O) groups excluding carboxylic acids is 1. The molecule has 1 aromatic rings. The van der Waals surface area contributed by atoms with Crippen LogP contribution in [0.3, 0.4) is 0 Å². The second kappa shape index (κ2) is 5.21. The summed E-state index contributed by atoms with van der Waals surface area (Å²) >= 11 is 0. The van der Waals surface area contributed by atoms with Crippen molar-refractivity contribution in [1.29, 1.82) is 0 Å². The van der Waals surface area contributed by atoms with E-state index in [0.29, 0.717) is 29.9 Å². The zero-order chi connectivity index (χ0) is 14.0. The molecule has 0 aromatic heterocycles. The van der Waals surface area contributed by atoms with Crippen molar-refractivity contribution in [3.8, 4) is 11.5 Å². The molecule has 1 unspecified atom stereocenters. The number of Topliss-reactive ketones (excluding diaryl/α,β-unsaturated/α-hetero) is 1. The lowest BCUT2D eigenvalue weighted by atomic mass is 9.93. The zero-order valence-electron chi connectivity index (χ0n) is 11.9. The molecular weight excluding hydrogens is 244 g/mol. The highest BCUT2D eigenvalue weighted by molar-refractivity contribution is 6.00. The number of rotatable bonds is 4. The Bertz CT molecular complexity index is 479. The average molecular weight is 264 g/mol. The predicted molar refractivity (Wildman–Crippen MR) is 72.1 cm³/mol. The number of ether oxygens (including phenoxy) is 3. The normalized spacial score (nSPS) is 18.7. The molecule has 0 aliphatic carbocycles. The van der Waals surface area contributed by atoms with Crippen LogP contribution in [0.4, 0.5) is 0 Å². The number of fused-ring (bicyclic) bond motifs is 1. The van der Waals surface area contributed by atoms with Crippen LogP contribution in [0.2, 0.25) is 0 Å². The maximum Gasteiger partial charge on any atom is 0.170 e. The van der Waals surface area contributed by atoms with Crippen molar-refractivity contribution in [2.75, 3.05) is 14.2 Å². The summed E-state index contributed by atoms with van der Waals surface area (Å²) in [4.78, 5) is 12.1. The number of carbonyl (C=O) groups is 1. The number of hydrogen-bond acceptors (Lipinski definition) is 4. The van der Waals surface area contributed by atoms with Crippen molar-refractivity contribution in [1.82, 2.24) is 0 Å². The summed E-state index contributed by atoms with van der Waals surface area (Å²) in [6.45, 7) is 3.98. The molecule has 0 bridgehead atoms. The van der Waals surface area contributed by atoms with Gasteiger partial charge in [0.05, 0.1) is 18.3 Å². The van der Waals surface area contributed by atoms with Crippen LogP contribution in [0.5, 0.6) is 11.5 Å². The van der Waals surface area contributed by atoms with Gasteiger partial charge in [0.1, 0.15) is 17.6 Å². The first-order valence-corrected chi connectivity index (χ1v) is 6.38. The molecule has 0 saturated heterocycles. The molecule has 0 amide bonds. The minimum Gasteiger partial charge on any atom is -0.497 e. The summed E-state index contributed by atoms with van der Waals surface area (Å²) in [5.41, 5.74) is 0.327. The third-order valence-corrected chi connectivity index (χ3v) is 3.47. The van der Waals surface area contributed by atoms with E-state index in [1.165, 1.54) is 0 Å². The highest BCUT2D eigenvalue weighted by Crippen LogP contribution is 2.33. The average Bonchev–Trinajstić information content (AvgIpc) is 2.37. The number of benzene rings is 1. The van der Waals surface area contributed by atoms with E-state index in [2.05, 4.69) is 0 Å². The lowest BCUT2D eigenvalue weighted by Crippen LogP contribution is -2.35. The van der Waals surface area contributed by atoms with Gasteiger partial charge in [-0.15, -0.1) is 0 Å². The first kappa shape index (κ1) is 13.9. The van der Waals surface area contributed by atoms with Gasteiger partial charge in [-0.05, 0) is 26.0 Å². The maximum atomic E-state index is 12.1. The van der Waals surface area contributed by atoms with Gasteiger partial charge in [0, 0.05) is 26.0 Å². The third kappa shape index (κ3) is 3.07. The molecule has 1 aliphatic heterocycles. The minimum absolute atomic E-state index is 0.112. The van der Waals surface area contributed by atoms with E-state index in [-0.39, 0.29) is 17.5 Å². The third-order valence-electron chi connectivity index (χ3n) is 3.47. The molecule has 0 N–H and O–H groups in total. The van der Waals surface area contributed by atoms with Gasteiger partial charge in [-0.25, -0.2) is 0 Å². The van der Waals surface area contributed by atoms with Crippen molar-refractivity contribution in [3.63, 3.8) is 0 Å². The van der Waals surface area contributed by atoms with Gasteiger partial charge in [0.25, 0.3) is 0 Å². The fraction of sp³-hybridized carbons (Fsp3) is 0.533. The molecular formula is C15H20O4. The van der Waals surface area contributed by atoms with E-state index in [1.54, 1.807) is 32.4 Å². The lowest BCUT2D eigenvalue weighted by molar-refractivity contribution is -0.0158. The smallest absolute Gasteiger partial charge is 0.170 e. The fourth-order valence-electron chi connectivity index (χ4n) is 2.24. The van der Waals surface area contributed by atoms with Crippen LogP contribution in [0, 0.1) is 0 Å². The summed E-state index contributed by atoms with van der Waals surface area (Å²) in [6, 6.07) is 5.30. The van der Waals surface area contributed by atoms with E-state index in [9.17, 15) is 4.79 Å². The first-order valence-electron chi connectivity index (χ1n) is 6.38. The fourth-order valence-corrected chi connectivity index (χ4v) is 2.24. The second-order valence-electron chi connectivity index (χ2n) is 5.40. The quantitative estimate of drug-likeness (QED) is 0.838. The van der Waals surface area contributed by atoms with Crippen molar-refractivity contribution < 1.29 is 19.0 Å². The van der Waals surface area contributed by atoms with Crippen molar-refractivity contribution in [3.05, 3.63) is 23.8 Å². The molecule has 0 radical (unpaired) electrons. The lowest BCUT2D eigenvalue weighted by Gasteiger charge is -2.31. The van der Waals surface area contributed by atoms with E-state index in [0.717, 1.165) is 0 Å². The van der Waals surface area contributed by atoms with Crippen LogP contribution in [-0.2, 0) is 4.74 Å². The van der Waals surface area contributed by atoms with Crippen molar-refractivity contribution >= 4 is 5.78 Å². The maximum absolute atomic E-state index is 12.1. The van der Waals surface area contributed by atoms with Crippen LogP contribution >= 0.6 is 0 Å². The van der Waals surface area contributed by atoms with E-state index in [1.807, 2.05) is 13.8 Å². The monoisotopic (exact) mass is 264 g/mol. The predicted octanol–water partition coefficient (Wildman–Crippen LogP) is 2.84. The standard InChI is InChI=1S/C15H20O4/c1-15(2,18-4)9-11-7-13(16)12-6-5-10(17-3)8-14(12)19-11/h5-6,8,11H,7,9H2,1-4H3. The molecule has 4 heteroatoms. The van der Waals surface area contributed by atoms with E-state index >= 15 is 0 Å². The van der Waals surface area contributed by atoms with Gasteiger partial charge in [0.2, 0.25) is 0 Å². The molecule has 4 nitrogen and oxygen atoms in total. The SMILES string of the molecule is COc1ccc2c(c1)OC(CC(C)(C)OC)CC2=O. The zero-order valence-corrected chi connectivity index (χ0v) is 11.9. The highest BCUT2D eigenvalue weighted by atomic mass is 16.5. The van der Waals surface area contributed by atoms with Gasteiger partial charge in [-0.3, -0.25) is 4.79 Å². The highest BCUT2D eigenvalue weighted by Gasteiger charge is 2.31. The van der Waals surface area contributed by atoms with Crippen LogP contribution in [0.15, 0.2) is 18.2 Å². The Labute approximate surface area is 113 Å². The first-order chi connectivity index (χ1) is 8.95.